The van der Waals surface area contributed by atoms with Gasteiger partial charge in [0, 0.05) is 13.0 Å². The number of hydrogen-bond acceptors (Lipinski definition) is 5. The molecule has 2 saturated heterocycles. The normalized spacial score (nSPS) is 25.9. The van der Waals surface area contributed by atoms with Crippen molar-refractivity contribution in [1.29, 1.82) is 0 Å². The summed E-state index contributed by atoms with van der Waals surface area (Å²) in [6.45, 7) is 1.35. The Morgan fingerprint density at radius 3 is 2.74 bits per heavy atom. The number of benzene rings is 1. The van der Waals surface area contributed by atoms with Crippen LogP contribution in [-0.2, 0) is 9.59 Å². The van der Waals surface area contributed by atoms with Crippen molar-refractivity contribution in [2.75, 3.05) is 13.2 Å². The van der Waals surface area contributed by atoms with E-state index in [4.69, 9.17) is 4.98 Å². The molecular weight excluding hydrogens is 358 g/mol. The molecule has 2 aromatic rings. The van der Waals surface area contributed by atoms with E-state index >= 15 is 0 Å². The Balaban J connectivity index is 1.36. The van der Waals surface area contributed by atoms with Gasteiger partial charge in [-0.25, -0.2) is 4.98 Å². The van der Waals surface area contributed by atoms with Crippen LogP contribution in [0.2, 0.25) is 0 Å². The fraction of sp³-hybridized carbons (Fsp3) is 0.571. The highest BCUT2D eigenvalue weighted by Crippen LogP contribution is 2.46. The minimum Gasteiger partial charge on any atom is -0.276 e. The average Bonchev–Trinajstić information content (AvgIpc) is 3.36. The van der Waals surface area contributed by atoms with E-state index in [0.29, 0.717) is 13.1 Å². The number of amides is 2. The van der Waals surface area contributed by atoms with Crippen molar-refractivity contribution in [2.24, 2.45) is 5.41 Å². The lowest BCUT2D eigenvalue weighted by Gasteiger charge is -2.32. The number of rotatable bonds is 3. The molecule has 1 aromatic heterocycles. The van der Waals surface area contributed by atoms with Crippen LogP contribution >= 0.6 is 11.3 Å². The van der Waals surface area contributed by atoms with Gasteiger partial charge in [-0.2, -0.15) is 0 Å². The molecule has 0 bridgehead atoms. The van der Waals surface area contributed by atoms with E-state index in [0.717, 1.165) is 55.6 Å². The molecule has 5 nitrogen and oxygen atoms in total. The molecule has 1 spiro atoms. The molecule has 0 unspecified atom stereocenters. The molecule has 0 N–H and O–H groups in total. The van der Waals surface area contributed by atoms with Gasteiger partial charge in [0.25, 0.3) is 0 Å². The predicted molar refractivity (Wildman–Crippen MR) is 105 cm³/mol. The summed E-state index contributed by atoms with van der Waals surface area (Å²) in [6.07, 6.45) is 7.66. The van der Waals surface area contributed by atoms with Crippen molar-refractivity contribution < 1.29 is 9.59 Å². The summed E-state index contributed by atoms with van der Waals surface area (Å²) >= 11 is 1.74. The van der Waals surface area contributed by atoms with E-state index in [9.17, 15) is 9.59 Å². The van der Waals surface area contributed by atoms with Crippen LogP contribution in [0, 0.1) is 5.41 Å². The number of nitrogens with zero attached hydrogens (tertiary/aromatic N) is 3. The Morgan fingerprint density at radius 2 is 1.93 bits per heavy atom. The zero-order chi connectivity index (χ0) is 18.4. The van der Waals surface area contributed by atoms with E-state index in [2.05, 4.69) is 17.0 Å². The number of thiazole rings is 1. The molecule has 3 fully saturated rings. The lowest BCUT2D eigenvalue weighted by atomic mass is 9.73. The highest BCUT2D eigenvalue weighted by Gasteiger charge is 2.52. The first-order chi connectivity index (χ1) is 13.2. The van der Waals surface area contributed by atoms with Gasteiger partial charge in [-0.15, -0.1) is 11.3 Å². The van der Waals surface area contributed by atoms with Gasteiger partial charge in [0.2, 0.25) is 11.8 Å². The van der Waals surface area contributed by atoms with Crippen molar-refractivity contribution in [2.45, 2.75) is 57.4 Å². The molecule has 27 heavy (non-hydrogen) atoms. The summed E-state index contributed by atoms with van der Waals surface area (Å²) in [7, 11) is 0. The molecular formula is C21H25N3O2S. The lowest BCUT2D eigenvalue weighted by molar-refractivity contribution is -0.144. The van der Waals surface area contributed by atoms with Crippen LogP contribution < -0.4 is 0 Å². The minimum atomic E-state index is -0.388. The maximum Gasteiger partial charge on any atom is 0.237 e. The van der Waals surface area contributed by atoms with Crippen molar-refractivity contribution in [3.05, 3.63) is 29.3 Å². The topological polar surface area (TPSA) is 53.5 Å². The third-order valence-corrected chi connectivity index (χ3v) is 7.72. The van der Waals surface area contributed by atoms with Gasteiger partial charge < -0.3 is 0 Å². The standard InChI is InChI=1S/C21H25N3O2S/c25-18-13-21(10-4-1-5-11-21)20(26)24(18)14-23-12-6-8-16(23)19-22-15-7-2-3-9-17(15)27-19/h2-3,7,9,16H,1,4-6,8,10-14H2/t16-/m1/s1. The number of para-hydroxylation sites is 1. The first-order valence-electron chi connectivity index (χ1n) is 10.1. The van der Waals surface area contributed by atoms with Crippen LogP contribution in [0.4, 0.5) is 0 Å². The molecule has 2 amide bonds. The maximum absolute atomic E-state index is 13.1. The van der Waals surface area contributed by atoms with Crippen LogP contribution in [0.1, 0.15) is 62.4 Å². The molecule has 5 rings (SSSR count). The van der Waals surface area contributed by atoms with Crippen LogP contribution in [0.15, 0.2) is 24.3 Å². The fourth-order valence-corrected chi connectivity index (χ4v) is 6.25. The molecule has 3 heterocycles. The van der Waals surface area contributed by atoms with E-state index in [-0.39, 0.29) is 23.3 Å². The smallest absolute Gasteiger partial charge is 0.237 e. The second-order valence-corrected chi connectivity index (χ2v) is 9.34. The highest BCUT2D eigenvalue weighted by atomic mass is 32.1. The zero-order valence-corrected chi connectivity index (χ0v) is 16.3. The Morgan fingerprint density at radius 1 is 1.11 bits per heavy atom. The van der Waals surface area contributed by atoms with Crippen molar-refractivity contribution >= 4 is 33.4 Å². The third kappa shape index (κ3) is 2.90. The summed E-state index contributed by atoms with van der Waals surface area (Å²) in [5, 5.41) is 1.11. The number of imide groups is 1. The van der Waals surface area contributed by atoms with Gasteiger partial charge in [0.15, 0.2) is 0 Å². The second kappa shape index (κ2) is 6.67. The predicted octanol–water partition coefficient (Wildman–Crippen LogP) is 4.10. The summed E-state index contributed by atoms with van der Waals surface area (Å²) in [6, 6.07) is 8.43. The minimum absolute atomic E-state index is 0.0249. The molecule has 0 radical (unpaired) electrons. The zero-order valence-electron chi connectivity index (χ0n) is 15.5. The SMILES string of the molecule is O=C1CC2(CCCCC2)C(=O)N1CN1CCC[C@@H]1c1nc2ccccc2s1. The van der Waals surface area contributed by atoms with Gasteiger partial charge in [-0.1, -0.05) is 31.4 Å². The van der Waals surface area contributed by atoms with Crippen LogP contribution in [0.25, 0.3) is 10.2 Å². The largest absolute Gasteiger partial charge is 0.276 e. The number of carbonyl (C=O) groups is 2. The number of likely N-dealkylation sites (tertiary alicyclic amines) is 2. The molecule has 1 atom stereocenters. The molecule has 1 aromatic carbocycles. The molecule has 1 saturated carbocycles. The van der Waals surface area contributed by atoms with E-state index in [1.165, 1.54) is 11.1 Å². The van der Waals surface area contributed by atoms with Gasteiger partial charge in [-0.05, 0) is 37.8 Å². The van der Waals surface area contributed by atoms with Gasteiger partial charge in [-0.3, -0.25) is 19.4 Å². The summed E-state index contributed by atoms with van der Waals surface area (Å²) < 4.78 is 1.20. The Bertz CT molecular complexity index is 853. The molecule has 6 heteroatoms. The Hall–Kier alpha value is -1.79. The van der Waals surface area contributed by atoms with E-state index in [1.54, 1.807) is 16.2 Å². The Labute approximate surface area is 163 Å². The van der Waals surface area contributed by atoms with Gasteiger partial charge in [0.05, 0.1) is 28.3 Å². The maximum atomic E-state index is 13.1. The molecule has 1 aliphatic carbocycles. The summed E-state index contributed by atoms with van der Waals surface area (Å²) in [5.74, 6) is 0.110. The second-order valence-electron chi connectivity index (χ2n) is 8.28. The fourth-order valence-electron chi connectivity index (χ4n) is 5.11. The van der Waals surface area contributed by atoms with Crippen molar-refractivity contribution in [3.63, 3.8) is 0 Å². The van der Waals surface area contributed by atoms with Crippen molar-refractivity contribution in [1.82, 2.24) is 14.8 Å². The first-order valence-corrected chi connectivity index (χ1v) is 10.9. The molecule has 3 aliphatic rings. The summed E-state index contributed by atoms with van der Waals surface area (Å²) in [4.78, 5) is 34.5. The van der Waals surface area contributed by atoms with Gasteiger partial charge in [0.1, 0.15) is 5.01 Å². The molecule has 142 valence electrons. The number of hydrogen-bond donors (Lipinski definition) is 0. The monoisotopic (exact) mass is 383 g/mol. The van der Waals surface area contributed by atoms with Crippen LogP contribution in [0.3, 0.4) is 0 Å². The van der Waals surface area contributed by atoms with Crippen LogP contribution in [0.5, 0.6) is 0 Å². The van der Waals surface area contributed by atoms with Crippen LogP contribution in [-0.4, -0.2) is 39.8 Å². The van der Waals surface area contributed by atoms with Gasteiger partial charge >= 0.3 is 0 Å². The highest BCUT2D eigenvalue weighted by molar-refractivity contribution is 7.18. The Kier molecular flexibility index (Phi) is 4.28. The summed E-state index contributed by atoms with van der Waals surface area (Å²) in [5.41, 5.74) is 0.652. The quantitative estimate of drug-likeness (QED) is 0.749. The molecule has 2 aliphatic heterocycles. The third-order valence-electron chi connectivity index (χ3n) is 6.58. The van der Waals surface area contributed by atoms with E-state index in [1.807, 2.05) is 12.1 Å². The van der Waals surface area contributed by atoms with Crippen molar-refractivity contribution in [3.8, 4) is 0 Å². The average molecular weight is 384 g/mol. The number of fused-ring (bicyclic) bond motifs is 1. The first kappa shape index (κ1) is 17.3. The number of aromatic nitrogens is 1. The lowest BCUT2D eigenvalue weighted by Crippen LogP contribution is -2.43. The number of carbonyl (C=O) groups excluding carboxylic acids is 2. The van der Waals surface area contributed by atoms with E-state index < -0.39 is 0 Å².